The lowest BCUT2D eigenvalue weighted by Gasteiger charge is -2.26. The molecule has 4 rings (SSSR count). The summed E-state index contributed by atoms with van der Waals surface area (Å²) in [7, 11) is -3.60. The number of hydrogen-bond acceptors (Lipinski definition) is 7. The minimum Gasteiger partial charge on any atom is -0.457 e. The molecular formula is C19H19NO7S. The van der Waals surface area contributed by atoms with Crippen molar-refractivity contribution < 1.29 is 32.2 Å². The molecule has 28 heavy (non-hydrogen) atoms. The first-order valence-electron chi connectivity index (χ1n) is 8.78. The maximum Gasteiger partial charge on any atom is 0.338 e. The minimum atomic E-state index is -3.60. The maximum absolute atomic E-state index is 12.7. The highest BCUT2D eigenvalue weighted by Gasteiger charge is 2.26. The van der Waals surface area contributed by atoms with Gasteiger partial charge < -0.3 is 18.9 Å². The largest absolute Gasteiger partial charge is 0.457 e. The molecule has 0 amide bonds. The third kappa shape index (κ3) is 3.82. The van der Waals surface area contributed by atoms with Crippen molar-refractivity contribution in [2.45, 2.75) is 11.5 Å². The number of morpholine rings is 1. The summed E-state index contributed by atoms with van der Waals surface area (Å²) in [6, 6.07) is 11.2. The summed E-state index contributed by atoms with van der Waals surface area (Å²) in [6.07, 6.45) is 0. The number of fused-ring (bicyclic) bond motifs is 1. The molecule has 8 nitrogen and oxygen atoms in total. The fourth-order valence-corrected chi connectivity index (χ4v) is 4.47. The Hall–Kier alpha value is -2.62. The number of rotatable bonds is 5. The number of carbonyl (C=O) groups is 1. The van der Waals surface area contributed by atoms with Crippen LogP contribution < -0.4 is 9.47 Å². The van der Waals surface area contributed by atoms with Gasteiger partial charge in [-0.05, 0) is 35.9 Å². The van der Waals surface area contributed by atoms with Crippen LogP contribution in [0, 0.1) is 0 Å². The van der Waals surface area contributed by atoms with Crippen LogP contribution in [0.3, 0.4) is 0 Å². The molecule has 2 aromatic rings. The predicted octanol–water partition coefficient (Wildman–Crippen LogP) is 1.79. The molecule has 0 atom stereocenters. The molecule has 0 aromatic heterocycles. The number of carbonyl (C=O) groups excluding carboxylic acids is 1. The molecule has 1 fully saturated rings. The molecule has 1 saturated heterocycles. The number of nitrogens with zero attached hydrogens (tertiary/aromatic N) is 1. The maximum atomic E-state index is 12.7. The number of esters is 1. The summed E-state index contributed by atoms with van der Waals surface area (Å²) in [6.45, 7) is 1.49. The average molecular weight is 405 g/mol. The highest BCUT2D eigenvalue weighted by atomic mass is 32.2. The molecule has 0 aliphatic carbocycles. The van der Waals surface area contributed by atoms with Crippen LogP contribution in [0.15, 0.2) is 47.4 Å². The first kappa shape index (κ1) is 18.7. The molecule has 2 aliphatic rings. The highest BCUT2D eigenvalue weighted by Crippen LogP contribution is 2.32. The lowest BCUT2D eigenvalue weighted by Crippen LogP contribution is -2.40. The number of benzene rings is 2. The lowest BCUT2D eigenvalue weighted by molar-refractivity contribution is 0.0472. The number of ether oxygens (including phenoxy) is 4. The number of hydrogen-bond donors (Lipinski definition) is 0. The zero-order valence-electron chi connectivity index (χ0n) is 15.0. The van der Waals surface area contributed by atoms with Gasteiger partial charge in [-0.15, -0.1) is 0 Å². The van der Waals surface area contributed by atoms with Gasteiger partial charge in [0.15, 0.2) is 11.5 Å². The van der Waals surface area contributed by atoms with E-state index in [1.807, 2.05) is 0 Å². The van der Waals surface area contributed by atoms with E-state index in [4.69, 9.17) is 18.9 Å². The molecule has 2 aliphatic heterocycles. The van der Waals surface area contributed by atoms with E-state index in [9.17, 15) is 13.2 Å². The molecule has 148 valence electrons. The summed E-state index contributed by atoms with van der Waals surface area (Å²) in [5.41, 5.74) is 0.921. The lowest BCUT2D eigenvalue weighted by atomic mass is 10.2. The van der Waals surface area contributed by atoms with E-state index in [-0.39, 0.29) is 18.3 Å². The molecule has 2 heterocycles. The third-order valence-electron chi connectivity index (χ3n) is 4.48. The SMILES string of the molecule is O=C(OCc1cccc(S(=O)(=O)N2CCOCC2)c1)c1ccc2c(c1)OCO2. The Morgan fingerprint density at radius 1 is 1.04 bits per heavy atom. The normalized spacial score (nSPS) is 16.7. The summed E-state index contributed by atoms with van der Waals surface area (Å²) < 4.78 is 47.9. The van der Waals surface area contributed by atoms with E-state index >= 15 is 0 Å². The van der Waals surface area contributed by atoms with Crippen molar-refractivity contribution in [3.63, 3.8) is 0 Å². The zero-order chi connectivity index (χ0) is 19.6. The molecule has 0 saturated carbocycles. The standard InChI is InChI=1S/C19H19NO7S/c21-19(15-4-5-17-18(11-15)27-13-26-17)25-12-14-2-1-3-16(10-14)28(22,23)20-6-8-24-9-7-20/h1-5,10-11H,6-9,12-13H2. The first-order valence-corrected chi connectivity index (χ1v) is 10.2. The van der Waals surface area contributed by atoms with Crippen LogP contribution in [0.5, 0.6) is 11.5 Å². The molecule has 9 heteroatoms. The second-order valence-electron chi connectivity index (χ2n) is 6.31. The second-order valence-corrected chi connectivity index (χ2v) is 8.25. The van der Waals surface area contributed by atoms with Crippen molar-refractivity contribution in [2.24, 2.45) is 0 Å². The highest BCUT2D eigenvalue weighted by molar-refractivity contribution is 7.89. The molecule has 0 bridgehead atoms. The van der Waals surface area contributed by atoms with Crippen LogP contribution >= 0.6 is 0 Å². The van der Waals surface area contributed by atoms with Gasteiger partial charge >= 0.3 is 5.97 Å². The smallest absolute Gasteiger partial charge is 0.338 e. The van der Waals surface area contributed by atoms with E-state index < -0.39 is 16.0 Å². The Morgan fingerprint density at radius 3 is 2.64 bits per heavy atom. The monoisotopic (exact) mass is 405 g/mol. The van der Waals surface area contributed by atoms with Gasteiger partial charge in [0, 0.05) is 13.1 Å². The topological polar surface area (TPSA) is 91.4 Å². The fraction of sp³-hybridized carbons (Fsp3) is 0.316. The fourth-order valence-electron chi connectivity index (χ4n) is 2.99. The molecule has 2 aromatic carbocycles. The van der Waals surface area contributed by atoms with Gasteiger partial charge in [0.2, 0.25) is 16.8 Å². The van der Waals surface area contributed by atoms with Crippen LogP contribution in [-0.4, -0.2) is 51.8 Å². The summed E-state index contributed by atoms with van der Waals surface area (Å²) >= 11 is 0. The van der Waals surface area contributed by atoms with Gasteiger partial charge in [-0.25, -0.2) is 13.2 Å². The Kier molecular flexibility index (Phi) is 5.21. The van der Waals surface area contributed by atoms with E-state index in [1.54, 1.807) is 30.3 Å². The number of sulfonamides is 1. The summed E-state index contributed by atoms with van der Waals surface area (Å²) in [4.78, 5) is 12.5. The second kappa shape index (κ2) is 7.78. The molecule has 0 spiro atoms. The first-order chi connectivity index (χ1) is 13.5. The van der Waals surface area contributed by atoms with Crippen LogP contribution in [0.4, 0.5) is 0 Å². The zero-order valence-corrected chi connectivity index (χ0v) is 15.8. The van der Waals surface area contributed by atoms with Gasteiger partial charge in [-0.1, -0.05) is 12.1 Å². The van der Waals surface area contributed by atoms with Gasteiger partial charge in [0.25, 0.3) is 0 Å². The van der Waals surface area contributed by atoms with Crippen LogP contribution in [-0.2, 0) is 26.1 Å². The van der Waals surface area contributed by atoms with E-state index in [0.29, 0.717) is 48.9 Å². The van der Waals surface area contributed by atoms with E-state index in [0.717, 1.165) is 0 Å². The van der Waals surface area contributed by atoms with Gasteiger partial charge in [-0.3, -0.25) is 0 Å². The molecule has 0 unspecified atom stereocenters. The predicted molar refractivity (Wildman–Crippen MR) is 97.7 cm³/mol. The van der Waals surface area contributed by atoms with Crippen LogP contribution in [0.1, 0.15) is 15.9 Å². The Labute approximate surface area is 162 Å². The van der Waals surface area contributed by atoms with E-state index in [1.165, 1.54) is 16.4 Å². The van der Waals surface area contributed by atoms with Gasteiger partial charge in [0.1, 0.15) is 6.61 Å². The van der Waals surface area contributed by atoms with Crippen molar-refractivity contribution in [1.82, 2.24) is 4.31 Å². The van der Waals surface area contributed by atoms with Crippen molar-refractivity contribution in [3.8, 4) is 11.5 Å². The van der Waals surface area contributed by atoms with Crippen LogP contribution in [0.25, 0.3) is 0 Å². The minimum absolute atomic E-state index is 0.0419. The Bertz CT molecular complexity index is 984. The van der Waals surface area contributed by atoms with Gasteiger partial charge in [-0.2, -0.15) is 4.31 Å². The third-order valence-corrected chi connectivity index (χ3v) is 6.38. The van der Waals surface area contributed by atoms with Crippen molar-refractivity contribution >= 4 is 16.0 Å². The van der Waals surface area contributed by atoms with E-state index in [2.05, 4.69) is 0 Å². The quantitative estimate of drug-likeness (QED) is 0.701. The molecule has 0 N–H and O–H groups in total. The molecular weight excluding hydrogens is 386 g/mol. The average Bonchev–Trinajstić information content (AvgIpc) is 3.21. The Balaban J connectivity index is 1.44. The van der Waals surface area contributed by atoms with Crippen molar-refractivity contribution in [2.75, 3.05) is 33.1 Å². The van der Waals surface area contributed by atoms with Gasteiger partial charge in [0.05, 0.1) is 23.7 Å². The molecule has 0 radical (unpaired) electrons. The Morgan fingerprint density at radius 2 is 1.82 bits per heavy atom. The van der Waals surface area contributed by atoms with Crippen molar-refractivity contribution in [1.29, 1.82) is 0 Å². The summed E-state index contributed by atoms with van der Waals surface area (Å²) in [5, 5.41) is 0. The summed E-state index contributed by atoms with van der Waals surface area (Å²) in [5.74, 6) is 0.547. The van der Waals surface area contributed by atoms with Crippen molar-refractivity contribution in [3.05, 3.63) is 53.6 Å². The van der Waals surface area contributed by atoms with Crippen LogP contribution in [0.2, 0.25) is 0 Å².